The van der Waals surface area contributed by atoms with Crippen molar-refractivity contribution in [3.05, 3.63) is 0 Å². The summed E-state index contributed by atoms with van der Waals surface area (Å²) < 4.78 is 0. The third-order valence-corrected chi connectivity index (χ3v) is 2.19. The van der Waals surface area contributed by atoms with Crippen molar-refractivity contribution in [2.24, 2.45) is 5.73 Å². The number of aliphatic hydroxyl groups excluding tert-OH is 5. The SMILES string of the molecule is N[C@@H]1[C@@H](O)[C@H](O)[C@@H](O)[C@H](O)[C@H]1O. The zero-order valence-electron chi connectivity index (χ0n) is 6.28. The van der Waals surface area contributed by atoms with Crippen molar-refractivity contribution in [3.8, 4) is 0 Å². The maximum Gasteiger partial charge on any atom is 0.111 e. The third-order valence-electron chi connectivity index (χ3n) is 2.19. The minimum atomic E-state index is -1.56. The Balaban J connectivity index is 2.76. The fourth-order valence-electron chi connectivity index (χ4n) is 1.26. The van der Waals surface area contributed by atoms with Gasteiger partial charge in [-0.3, -0.25) is 0 Å². The Morgan fingerprint density at radius 3 is 1.17 bits per heavy atom. The van der Waals surface area contributed by atoms with E-state index in [4.69, 9.17) is 31.3 Å². The van der Waals surface area contributed by atoms with Crippen LogP contribution in [0, 0.1) is 0 Å². The highest BCUT2D eigenvalue weighted by molar-refractivity contribution is 5.00. The Morgan fingerprint density at radius 1 is 0.583 bits per heavy atom. The summed E-state index contributed by atoms with van der Waals surface area (Å²) in [5.74, 6) is 0. The average molecular weight is 179 g/mol. The summed E-state index contributed by atoms with van der Waals surface area (Å²) >= 11 is 0. The first-order valence-corrected chi connectivity index (χ1v) is 3.62. The second-order valence-corrected chi connectivity index (χ2v) is 3.03. The standard InChI is InChI=1S/C6H13NO5/c7-1-2(8)4(10)6(12)5(11)3(1)9/h1-6,8-12H,7H2/t1-,2-,3+,4+,5-,6-. The van der Waals surface area contributed by atoms with E-state index in [1.807, 2.05) is 0 Å². The molecule has 6 nitrogen and oxygen atoms in total. The Labute approximate surface area is 68.9 Å². The largest absolute Gasteiger partial charge is 0.389 e. The van der Waals surface area contributed by atoms with E-state index < -0.39 is 36.6 Å². The van der Waals surface area contributed by atoms with Crippen LogP contribution in [0.1, 0.15) is 0 Å². The molecule has 12 heavy (non-hydrogen) atoms. The van der Waals surface area contributed by atoms with Gasteiger partial charge in [-0.25, -0.2) is 0 Å². The molecule has 0 amide bonds. The molecule has 1 fully saturated rings. The predicted molar refractivity (Wildman–Crippen MR) is 38.0 cm³/mol. The second-order valence-electron chi connectivity index (χ2n) is 3.03. The molecule has 1 aliphatic carbocycles. The van der Waals surface area contributed by atoms with Crippen LogP contribution in [-0.2, 0) is 0 Å². The van der Waals surface area contributed by atoms with Gasteiger partial charge in [-0.2, -0.15) is 0 Å². The van der Waals surface area contributed by atoms with E-state index in [1.54, 1.807) is 0 Å². The lowest BCUT2D eigenvalue weighted by atomic mass is 9.84. The lowest BCUT2D eigenvalue weighted by molar-refractivity contribution is -0.184. The van der Waals surface area contributed by atoms with Crippen LogP contribution in [0.4, 0.5) is 0 Å². The van der Waals surface area contributed by atoms with Gasteiger partial charge in [0, 0.05) is 0 Å². The molecule has 0 radical (unpaired) electrons. The second kappa shape index (κ2) is 3.25. The van der Waals surface area contributed by atoms with Crippen molar-refractivity contribution in [1.29, 1.82) is 0 Å². The van der Waals surface area contributed by atoms with E-state index >= 15 is 0 Å². The molecule has 6 heteroatoms. The summed E-state index contributed by atoms with van der Waals surface area (Å²) in [7, 11) is 0. The Morgan fingerprint density at radius 2 is 0.833 bits per heavy atom. The number of aliphatic hydroxyl groups is 5. The number of nitrogens with two attached hydrogens (primary N) is 1. The molecule has 0 aromatic rings. The lowest BCUT2D eigenvalue weighted by Gasteiger charge is -2.40. The molecule has 0 aliphatic heterocycles. The van der Waals surface area contributed by atoms with Crippen LogP contribution >= 0.6 is 0 Å². The van der Waals surface area contributed by atoms with E-state index in [2.05, 4.69) is 0 Å². The molecule has 0 aromatic carbocycles. The molecule has 0 aromatic heterocycles. The average Bonchev–Trinajstić information content (AvgIpc) is 2.08. The first-order valence-electron chi connectivity index (χ1n) is 3.62. The monoisotopic (exact) mass is 179 g/mol. The van der Waals surface area contributed by atoms with Gasteiger partial charge in [0.05, 0.1) is 6.04 Å². The van der Waals surface area contributed by atoms with E-state index in [0.717, 1.165) is 0 Å². The van der Waals surface area contributed by atoms with Crippen LogP contribution < -0.4 is 5.73 Å². The molecule has 7 N–H and O–H groups in total. The molecule has 0 heterocycles. The first kappa shape index (κ1) is 9.85. The van der Waals surface area contributed by atoms with Gasteiger partial charge < -0.3 is 31.3 Å². The Bertz CT molecular complexity index is 107. The highest BCUT2D eigenvalue weighted by Crippen LogP contribution is 2.19. The molecular weight excluding hydrogens is 166 g/mol. The first-order chi connectivity index (χ1) is 5.46. The van der Waals surface area contributed by atoms with Crippen LogP contribution in [0.5, 0.6) is 0 Å². The van der Waals surface area contributed by atoms with Crippen molar-refractivity contribution in [1.82, 2.24) is 0 Å². The molecular formula is C6H13NO5. The predicted octanol–water partition coefficient (Wildman–Crippen LogP) is -3.87. The van der Waals surface area contributed by atoms with Gasteiger partial charge in [-0.1, -0.05) is 0 Å². The fraction of sp³-hybridized carbons (Fsp3) is 1.00. The summed E-state index contributed by atoms with van der Waals surface area (Å²) in [6.45, 7) is 0. The summed E-state index contributed by atoms with van der Waals surface area (Å²) in [6.07, 6.45) is -7.43. The molecule has 72 valence electrons. The van der Waals surface area contributed by atoms with Crippen LogP contribution in [0.25, 0.3) is 0 Å². The van der Waals surface area contributed by atoms with Crippen molar-refractivity contribution < 1.29 is 25.5 Å². The molecule has 0 saturated heterocycles. The Kier molecular flexibility index (Phi) is 2.67. The quantitative estimate of drug-likeness (QED) is 0.226. The summed E-state index contributed by atoms with van der Waals surface area (Å²) in [6, 6.07) is -1.14. The maximum absolute atomic E-state index is 9.10. The Hall–Kier alpha value is -0.240. The van der Waals surface area contributed by atoms with Crippen molar-refractivity contribution in [2.45, 2.75) is 36.6 Å². The van der Waals surface area contributed by atoms with E-state index in [0.29, 0.717) is 0 Å². The molecule has 0 bridgehead atoms. The van der Waals surface area contributed by atoms with Crippen LogP contribution in [0.3, 0.4) is 0 Å². The minimum absolute atomic E-state index is 1.14. The van der Waals surface area contributed by atoms with E-state index in [-0.39, 0.29) is 0 Å². The van der Waals surface area contributed by atoms with Crippen LogP contribution in [-0.4, -0.2) is 62.1 Å². The molecule has 0 spiro atoms. The lowest BCUT2D eigenvalue weighted by Crippen LogP contribution is -2.66. The van der Waals surface area contributed by atoms with Crippen molar-refractivity contribution in [2.75, 3.05) is 0 Å². The summed E-state index contributed by atoms with van der Waals surface area (Å²) in [5.41, 5.74) is 5.23. The highest BCUT2D eigenvalue weighted by Gasteiger charge is 2.46. The van der Waals surface area contributed by atoms with E-state index in [9.17, 15) is 0 Å². The van der Waals surface area contributed by atoms with Gasteiger partial charge in [0.25, 0.3) is 0 Å². The number of hydrogen-bond donors (Lipinski definition) is 6. The topological polar surface area (TPSA) is 127 Å². The van der Waals surface area contributed by atoms with Crippen LogP contribution in [0.2, 0.25) is 0 Å². The molecule has 6 atom stereocenters. The molecule has 1 aliphatic rings. The van der Waals surface area contributed by atoms with Crippen LogP contribution in [0.15, 0.2) is 0 Å². The van der Waals surface area contributed by atoms with Gasteiger partial charge in [0.1, 0.15) is 30.5 Å². The molecule has 1 saturated carbocycles. The van der Waals surface area contributed by atoms with Gasteiger partial charge in [-0.15, -0.1) is 0 Å². The summed E-state index contributed by atoms with van der Waals surface area (Å²) in [5, 5.41) is 45.3. The van der Waals surface area contributed by atoms with Gasteiger partial charge in [-0.05, 0) is 0 Å². The van der Waals surface area contributed by atoms with Gasteiger partial charge in [0.15, 0.2) is 0 Å². The zero-order chi connectivity index (χ0) is 9.46. The summed E-state index contributed by atoms with van der Waals surface area (Å²) in [4.78, 5) is 0. The maximum atomic E-state index is 9.10. The van der Waals surface area contributed by atoms with Gasteiger partial charge in [0.2, 0.25) is 0 Å². The van der Waals surface area contributed by atoms with Crippen molar-refractivity contribution >= 4 is 0 Å². The minimum Gasteiger partial charge on any atom is -0.389 e. The van der Waals surface area contributed by atoms with E-state index in [1.165, 1.54) is 0 Å². The third kappa shape index (κ3) is 1.33. The fourth-order valence-corrected chi connectivity index (χ4v) is 1.26. The van der Waals surface area contributed by atoms with Crippen molar-refractivity contribution in [3.63, 3.8) is 0 Å². The normalized spacial score (nSPS) is 55.5. The number of hydrogen-bond acceptors (Lipinski definition) is 6. The number of rotatable bonds is 0. The molecule has 1 rings (SSSR count). The van der Waals surface area contributed by atoms with Gasteiger partial charge >= 0.3 is 0 Å². The smallest absolute Gasteiger partial charge is 0.111 e. The molecule has 0 unspecified atom stereocenters. The highest BCUT2D eigenvalue weighted by atomic mass is 16.4. The zero-order valence-corrected chi connectivity index (χ0v) is 6.28.